The molecule has 2 aliphatic rings. The number of rotatable bonds is 5. The Kier molecular flexibility index (Phi) is 5.58. The summed E-state index contributed by atoms with van der Waals surface area (Å²) in [6, 6.07) is 29.4. The number of methoxy groups -OCH3 is 1. The van der Waals surface area contributed by atoms with Gasteiger partial charge in [0.15, 0.2) is 0 Å². The van der Waals surface area contributed by atoms with Gasteiger partial charge in [-0.1, -0.05) is 60.7 Å². The predicted octanol–water partition coefficient (Wildman–Crippen LogP) is 5.36. The number of hydrogen-bond donors (Lipinski definition) is 2. The van der Waals surface area contributed by atoms with Crippen LogP contribution in [-0.2, 0) is 29.4 Å². The molecule has 1 saturated heterocycles. The molecule has 0 saturated carbocycles. The minimum atomic E-state index is -0.453. The lowest BCUT2D eigenvalue weighted by molar-refractivity contribution is -0.128. The van der Waals surface area contributed by atoms with E-state index in [2.05, 4.69) is 72.0 Å². The zero-order valence-corrected chi connectivity index (χ0v) is 20.2. The molecule has 1 aromatic heterocycles. The number of aryl methyl sites for hydroxylation is 1. The smallest absolute Gasteiger partial charge is 0.115 e. The number of hydrogen-bond acceptors (Lipinski definition) is 4. The van der Waals surface area contributed by atoms with Crippen LogP contribution >= 0.6 is 0 Å². The van der Waals surface area contributed by atoms with Crippen LogP contribution < -0.4 is 5.32 Å². The lowest BCUT2D eigenvalue weighted by Crippen LogP contribution is -2.71. The van der Waals surface area contributed by atoms with Crippen molar-refractivity contribution in [1.82, 2.24) is 10.3 Å². The van der Waals surface area contributed by atoms with Gasteiger partial charge < -0.3 is 15.2 Å². The molecular weight excluding hydrogens is 432 g/mol. The van der Waals surface area contributed by atoms with Gasteiger partial charge in [0, 0.05) is 42.5 Å². The molecule has 0 radical (unpaired) electrons. The number of ether oxygens (including phenoxy) is 1. The van der Waals surface area contributed by atoms with Gasteiger partial charge in [-0.2, -0.15) is 0 Å². The van der Waals surface area contributed by atoms with Gasteiger partial charge in [-0.3, -0.25) is 4.98 Å². The van der Waals surface area contributed by atoms with E-state index in [-0.39, 0.29) is 11.5 Å². The Morgan fingerprint density at radius 1 is 0.971 bits per heavy atom. The average molecular weight is 465 g/mol. The zero-order valence-electron chi connectivity index (χ0n) is 20.2. The predicted molar refractivity (Wildman–Crippen MR) is 140 cm³/mol. The summed E-state index contributed by atoms with van der Waals surface area (Å²) in [7, 11) is 1.87. The van der Waals surface area contributed by atoms with Crippen molar-refractivity contribution in [2.24, 2.45) is 0 Å². The fourth-order valence-corrected chi connectivity index (χ4v) is 6.77. The molecule has 2 heterocycles. The molecule has 4 nitrogen and oxygen atoms in total. The number of benzene rings is 3. The molecule has 3 aromatic carbocycles. The maximum absolute atomic E-state index is 10.5. The highest BCUT2D eigenvalue weighted by Crippen LogP contribution is 2.53. The van der Waals surface area contributed by atoms with E-state index in [0.717, 1.165) is 55.4 Å². The maximum Gasteiger partial charge on any atom is 0.115 e. The van der Waals surface area contributed by atoms with Crippen molar-refractivity contribution in [2.75, 3.05) is 13.7 Å². The molecule has 1 aliphatic heterocycles. The van der Waals surface area contributed by atoms with Gasteiger partial charge >= 0.3 is 0 Å². The summed E-state index contributed by atoms with van der Waals surface area (Å²) >= 11 is 0. The van der Waals surface area contributed by atoms with Crippen LogP contribution in [0.3, 0.4) is 0 Å². The molecule has 0 bridgehead atoms. The Labute approximate surface area is 207 Å². The van der Waals surface area contributed by atoms with Crippen LogP contribution in [0.25, 0.3) is 10.9 Å². The third-order valence-electron chi connectivity index (χ3n) is 8.46. The highest BCUT2D eigenvalue weighted by Gasteiger charge is 2.61. The van der Waals surface area contributed by atoms with E-state index in [1.54, 1.807) is 6.07 Å². The number of piperidine rings is 1. The third kappa shape index (κ3) is 3.64. The van der Waals surface area contributed by atoms with Crippen LogP contribution in [0.15, 0.2) is 84.9 Å². The van der Waals surface area contributed by atoms with Gasteiger partial charge in [-0.15, -0.1) is 0 Å². The molecule has 178 valence electrons. The Hall–Kier alpha value is -3.21. The van der Waals surface area contributed by atoms with Crippen LogP contribution in [0.1, 0.15) is 35.2 Å². The number of nitrogens with one attached hydrogen (secondary N) is 1. The van der Waals surface area contributed by atoms with Gasteiger partial charge in [0.05, 0.1) is 11.1 Å². The van der Waals surface area contributed by atoms with Gasteiger partial charge in [0.25, 0.3) is 0 Å². The summed E-state index contributed by atoms with van der Waals surface area (Å²) in [6.45, 7) is 0.906. The maximum atomic E-state index is 10.5. The Bertz CT molecular complexity index is 1350. The first-order valence-electron chi connectivity index (χ1n) is 12.6. The van der Waals surface area contributed by atoms with Crippen LogP contribution in [0, 0.1) is 0 Å². The topological polar surface area (TPSA) is 54.4 Å². The Morgan fingerprint density at radius 2 is 1.80 bits per heavy atom. The summed E-state index contributed by atoms with van der Waals surface area (Å²) in [5, 5.41) is 15.5. The van der Waals surface area contributed by atoms with Crippen molar-refractivity contribution in [2.45, 2.75) is 49.2 Å². The van der Waals surface area contributed by atoms with Crippen molar-refractivity contribution in [3.8, 4) is 5.75 Å². The van der Waals surface area contributed by atoms with Gasteiger partial charge in [0.1, 0.15) is 5.75 Å². The second-order valence-electron chi connectivity index (χ2n) is 10.1. The van der Waals surface area contributed by atoms with Crippen molar-refractivity contribution in [1.29, 1.82) is 0 Å². The Morgan fingerprint density at radius 3 is 2.63 bits per heavy atom. The lowest BCUT2D eigenvalue weighted by atomic mass is 9.53. The number of aromatic nitrogens is 1. The monoisotopic (exact) mass is 464 g/mol. The molecule has 35 heavy (non-hydrogen) atoms. The molecule has 1 fully saturated rings. The van der Waals surface area contributed by atoms with E-state index in [1.807, 2.05) is 19.2 Å². The first-order chi connectivity index (χ1) is 17.1. The van der Waals surface area contributed by atoms with E-state index < -0.39 is 5.60 Å². The average Bonchev–Trinajstić information content (AvgIpc) is 2.90. The summed E-state index contributed by atoms with van der Waals surface area (Å²) in [5.74, 6) is 0.304. The second kappa shape index (κ2) is 8.78. The molecule has 6 rings (SSSR count). The fourth-order valence-electron chi connectivity index (χ4n) is 6.77. The SMILES string of the molecule is CO[C@]12Cc3cc4ccccc4nc3C[C@]1(c1cccc(O)c1)CCNC2CCc1ccccc1. The standard InChI is InChI=1S/C31H32N2O2/c1-35-31-20-24-18-23-10-5-6-13-27(23)33-28(24)21-30(31,25-11-7-12-26(34)19-25)16-17-32-29(31)15-14-22-8-3-2-4-9-22/h2-13,18-19,29,32,34H,14-17,20-21H2,1H3/t29?,30-,31-/m0/s1. The normalized spacial score (nSPS) is 25.7. The van der Waals surface area contributed by atoms with E-state index in [4.69, 9.17) is 9.72 Å². The van der Waals surface area contributed by atoms with E-state index in [9.17, 15) is 5.11 Å². The number of fused-ring (bicyclic) bond motifs is 3. The quantitative estimate of drug-likeness (QED) is 0.418. The van der Waals surface area contributed by atoms with Crippen molar-refractivity contribution in [3.63, 3.8) is 0 Å². The molecule has 4 heteroatoms. The molecule has 3 atom stereocenters. The summed E-state index contributed by atoms with van der Waals surface area (Å²) in [5.41, 5.74) is 5.22. The van der Waals surface area contributed by atoms with Crippen molar-refractivity contribution >= 4 is 10.9 Å². The van der Waals surface area contributed by atoms with Crippen LogP contribution in [0.2, 0.25) is 0 Å². The molecule has 2 N–H and O–H groups in total. The fraction of sp³-hybridized carbons (Fsp3) is 0.323. The number of nitrogens with zero attached hydrogens (tertiary/aromatic N) is 1. The zero-order chi connectivity index (χ0) is 23.9. The summed E-state index contributed by atoms with van der Waals surface area (Å²) < 4.78 is 6.68. The van der Waals surface area contributed by atoms with Crippen LogP contribution in [0.4, 0.5) is 0 Å². The number of phenols is 1. The van der Waals surface area contributed by atoms with Gasteiger partial charge in [-0.05, 0) is 66.8 Å². The van der Waals surface area contributed by atoms with E-state index in [0.29, 0.717) is 5.75 Å². The van der Waals surface area contributed by atoms with E-state index >= 15 is 0 Å². The van der Waals surface area contributed by atoms with Gasteiger partial charge in [0.2, 0.25) is 0 Å². The molecular formula is C31H32N2O2. The Balaban J connectivity index is 1.50. The number of aromatic hydroxyl groups is 1. The number of pyridine rings is 1. The largest absolute Gasteiger partial charge is 0.508 e. The first kappa shape index (κ1) is 22.3. The molecule has 0 amide bonds. The minimum Gasteiger partial charge on any atom is -0.508 e. The van der Waals surface area contributed by atoms with Crippen molar-refractivity contribution < 1.29 is 9.84 Å². The third-order valence-corrected chi connectivity index (χ3v) is 8.46. The summed E-state index contributed by atoms with van der Waals surface area (Å²) in [4.78, 5) is 5.15. The highest BCUT2D eigenvalue weighted by atomic mass is 16.5. The lowest BCUT2D eigenvalue weighted by Gasteiger charge is -2.60. The second-order valence-corrected chi connectivity index (χ2v) is 10.1. The van der Waals surface area contributed by atoms with Crippen LogP contribution in [0.5, 0.6) is 5.75 Å². The number of phenolic OH excluding ortho intramolecular Hbond substituents is 1. The van der Waals surface area contributed by atoms with Gasteiger partial charge in [-0.25, -0.2) is 0 Å². The summed E-state index contributed by atoms with van der Waals surface area (Å²) in [6.07, 6.45) is 4.49. The highest BCUT2D eigenvalue weighted by molar-refractivity contribution is 5.79. The van der Waals surface area contributed by atoms with Crippen LogP contribution in [-0.4, -0.2) is 35.4 Å². The minimum absolute atomic E-state index is 0.170. The van der Waals surface area contributed by atoms with E-state index in [1.165, 1.54) is 16.5 Å². The number of para-hydroxylation sites is 1. The molecule has 1 unspecified atom stereocenters. The molecule has 1 aliphatic carbocycles. The molecule has 0 spiro atoms. The molecule has 4 aromatic rings. The first-order valence-corrected chi connectivity index (χ1v) is 12.6. The van der Waals surface area contributed by atoms with Crippen molar-refractivity contribution in [3.05, 3.63) is 107 Å².